The number of hydrogen-bond donors (Lipinski definition) is 4. The Labute approximate surface area is 362 Å². The molecule has 4 N–H and O–H groups in total. The number of likely N-dealkylation sites (tertiary alicyclic amines) is 2. The van der Waals surface area contributed by atoms with Crippen LogP contribution in [0.25, 0.3) is 0 Å². The zero-order valence-corrected chi connectivity index (χ0v) is 36.2. The van der Waals surface area contributed by atoms with Gasteiger partial charge >= 0.3 is 12.2 Å². The summed E-state index contributed by atoms with van der Waals surface area (Å²) >= 11 is 0. The molecule has 332 valence electrons. The maximum Gasteiger partial charge on any atom is 0.407 e. The third kappa shape index (κ3) is 10.3. The van der Waals surface area contributed by atoms with Crippen LogP contribution in [0.5, 0.6) is 0 Å². The number of halogens is 1. The van der Waals surface area contributed by atoms with Gasteiger partial charge in [-0.2, -0.15) is 0 Å². The quantitative estimate of drug-likeness (QED) is 0.149. The maximum absolute atomic E-state index is 14.2. The molecule has 62 heavy (non-hydrogen) atoms. The highest BCUT2D eigenvalue weighted by molar-refractivity contribution is 5.99. The van der Waals surface area contributed by atoms with Gasteiger partial charge in [-0.3, -0.25) is 19.2 Å². The van der Waals surface area contributed by atoms with E-state index in [1.54, 1.807) is 12.1 Å². The molecule has 3 aliphatic rings. The van der Waals surface area contributed by atoms with E-state index >= 15 is 0 Å². The Morgan fingerprint density at radius 1 is 0.581 bits per heavy atom. The Morgan fingerprint density at radius 2 is 0.968 bits per heavy atom. The Balaban J connectivity index is 1.13. The summed E-state index contributed by atoms with van der Waals surface area (Å²) in [5.74, 6) is -2.04. The molecule has 6 rings (SSSR count). The summed E-state index contributed by atoms with van der Waals surface area (Å²) in [5.41, 5.74) is 4.00. The molecule has 0 bridgehead atoms. The number of nitrogens with zero attached hydrogens (tertiary/aromatic N) is 3. The van der Waals surface area contributed by atoms with Crippen LogP contribution in [0.2, 0.25) is 0 Å². The van der Waals surface area contributed by atoms with Crippen molar-refractivity contribution in [2.75, 3.05) is 42.8 Å². The zero-order chi connectivity index (χ0) is 44.7. The van der Waals surface area contributed by atoms with E-state index in [2.05, 4.69) is 26.2 Å². The first kappa shape index (κ1) is 45.3. The van der Waals surface area contributed by atoms with Crippen LogP contribution in [0.3, 0.4) is 0 Å². The minimum absolute atomic E-state index is 0.0814. The van der Waals surface area contributed by atoms with E-state index in [-0.39, 0.29) is 53.4 Å². The molecule has 3 saturated heterocycles. The Bertz CT molecular complexity index is 1960. The number of amides is 6. The largest absolute Gasteiger partial charge is 0.453 e. The monoisotopic (exact) mass is 855 g/mol. The summed E-state index contributed by atoms with van der Waals surface area (Å²) in [6.45, 7) is 8.10. The molecule has 0 saturated carbocycles. The molecule has 3 aliphatic heterocycles. The van der Waals surface area contributed by atoms with Gasteiger partial charge in [0.2, 0.25) is 23.6 Å². The molecule has 6 atom stereocenters. The fourth-order valence-corrected chi connectivity index (χ4v) is 8.83. The van der Waals surface area contributed by atoms with Crippen LogP contribution in [0.4, 0.5) is 31.0 Å². The second-order valence-corrected chi connectivity index (χ2v) is 16.8. The first-order valence-corrected chi connectivity index (χ1v) is 21.4. The van der Waals surface area contributed by atoms with E-state index < -0.39 is 36.4 Å². The molecule has 3 heterocycles. The van der Waals surface area contributed by atoms with Gasteiger partial charge in [-0.1, -0.05) is 52.0 Å². The highest BCUT2D eigenvalue weighted by Gasteiger charge is 2.41. The standard InChI is InChI=1S/C46H58FN7O8/c1-27(2)39(50-45(59)61-5)43(57)52-25-7-9-37(52)41(55)48-32-17-11-29(12-18-32)35-23-24-36(54(35)34-21-15-31(47)16-22-34)30-13-19-33(20-14-30)49-42(56)38-10-8-26-53(38)44(58)40(28(3)4)51-46(60)62-6/h11-22,27-28,35-40H,7-10,23-26H2,1-6H3,(H,48,55)(H,49,56)(H,50,59)(H,51,60)/t35-,36-,37+,38+,39+,40+/m1/s1. The summed E-state index contributed by atoms with van der Waals surface area (Å²) in [6.07, 6.45) is 2.47. The van der Waals surface area contributed by atoms with Gasteiger partial charge in [0.15, 0.2) is 0 Å². The lowest BCUT2D eigenvalue weighted by molar-refractivity contribution is -0.139. The van der Waals surface area contributed by atoms with Crippen LogP contribution in [-0.2, 0) is 28.7 Å². The maximum atomic E-state index is 14.2. The number of nitrogens with one attached hydrogen (secondary N) is 4. The van der Waals surface area contributed by atoms with Crippen molar-refractivity contribution < 1.29 is 42.6 Å². The van der Waals surface area contributed by atoms with Crippen molar-refractivity contribution >= 4 is 52.9 Å². The molecule has 16 heteroatoms. The SMILES string of the molecule is COC(=O)N[C@H](C(=O)N1CCC[C@H]1C(=O)Nc1ccc([C@H]2CC[C@H](c3ccc(NC(=O)[C@@H]4CCCN4C(=O)[C@@H](NC(=O)OC)C(C)C)cc3)N2c2ccc(F)cc2)cc1)C(C)C. The summed E-state index contributed by atoms with van der Waals surface area (Å²) in [6, 6.07) is 18.5. The minimum atomic E-state index is -0.831. The molecule has 3 fully saturated rings. The fourth-order valence-electron chi connectivity index (χ4n) is 8.83. The van der Waals surface area contributed by atoms with Gasteiger partial charge in [0.05, 0.1) is 26.3 Å². The molecule has 0 unspecified atom stereocenters. The van der Waals surface area contributed by atoms with Gasteiger partial charge in [-0.15, -0.1) is 0 Å². The lowest BCUT2D eigenvalue weighted by Gasteiger charge is -2.33. The molecule has 0 aromatic heterocycles. The van der Waals surface area contributed by atoms with Gasteiger partial charge in [-0.05, 0) is 110 Å². The molecular formula is C46H58FN7O8. The van der Waals surface area contributed by atoms with Crippen molar-refractivity contribution in [3.63, 3.8) is 0 Å². The summed E-state index contributed by atoms with van der Waals surface area (Å²) < 4.78 is 23.6. The van der Waals surface area contributed by atoms with E-state index in [0.29, 0.717) is 50.1 Å². The lowest BCUT2D eigenvalue weighted by Crippen LogP contribution is -2.54. The van der Waals surface area contributed by atoms with Crippen LogP contribution in [0.1, 0.15) is 89.4 Å². The summed E-state index contributed by atoms with van der Waals surface area (Å²) in [7, 11) is 2.47. The molecule has 3 aromatic rings. The second-order valence-electron chi connectivity index (χ2n) is 16.8. The second kappa shape index (κ2) is 20.1. The number of benzene rings is 3. The van der Waals surface area contributed by atoms with Crippen molar-refractivity contribution in [1.29, 1.82) is 0 Å². The molecule has 0 spiro atoms. The van der Waals surface area contributed by atoms with Crippen molar-refractivity contribution in [2.45, 2.75) is 102 Å². The summed E-state index contributed by atoms with van der Waals surface area (Å²) in [4.78, 5) is 83.4. The van der Waals surface area contributed by atoms with E-state index in [4.69, 9.17) is 9.47 Å². The first-order chi connectivity index (χ1) is 29.7. The Hall–Kier alpha value is -6.19. The number of ether oxygens (including phenoxy) is 2. The van der Waals surface area contributed by atoms with Crippen LogP contribution < -0.4 is 26.2 Å². The summed E-state index contributed by atoms with van der Waals surface area (Å²) in [5, 5.41) is 11.2. The van der Waals surface area contributed by atoms with E-state index in [1.165, 1.54) is 36.2 Å². The van der Waals surface area contributed by atoms with Gasteiger partial charge in [-0.25, -0.2) is 14.0 Å². The molecule has 15 nitrogen and oxygen atoms in total. The van der Waals surface area contributed by atoms with Crippen LogP contribution >= 0.6 is 0 Å². The first-order valence-electron chi connectivity index (χ1n) is 21.4. The number of methoxy groups -OCH3 is 2. The average molecular weight is 856 g/mol. The van der Waals surface area contributed by atoms with Crippen LogP contribution in [-0.4, -0.2) is 97.1 Å². The Kier molecular flexibility index (Phi) is 14.7. The average Bonchev–Trinajstić information content (AvgIpc) is 4.06. The van der Waals surface area contributed by atoms with Crippen LogP contribution in [0, 0.1) is 17.7 Å². The number of anilines is 3. The smallest absolute Gasteiger partial charge is 0.407 e. The third-order valence-electron chi connectivity index (χ3n) is 12.1. The van der Waals surface area contributed by atoms with Crippen LogP contribution in [0.15, 0.2) is 72.8 Å². The molecule has 0 aliphatic carbocycles. The number of hydrogen-bond acceptors (Lipinski definition) is 9. The number of carbonyl (C=O) groups is 6. The molecule has 6 amide bonds. The number of carbonyl (C=O) groups excluding carboxylic acids is 6. The van der Waals surface area contributed by atoms with Gasteiger partial charge in [0, 0.05) is 30.2 Å². The van der Waals surface area contributed by atoms with Crippen molar-refractivity contribution in [1.82, 2.24) is 20.4 Å². The van der Waals surface area contributed by atoms with Gasteiger partial charge in [0.25, 0.3) is 0 Å². The predicted molar refractivity (Wildman–Crippen MR) is 232 cm³/mol. The van der Waals surface area contributed by atoms with Crippen molar-refractivity contribution in [3.05, 3.63) is 89.7 Å². The van der Waals surface area contributed by atoms with Gasteiger partial charge < -0.3 is 45.4 Å². The fraction of sp³-hybridized carbons (Fsp3) is 0.478. The van der Waals surface area contributed by atoms with E-state index in [0.717, 1.165) is 29.7 Å². The molecular weight excluding hydrogens is 798 g/mol. The van der Waals surface area contributed by atoms with Crippen molar-refractivity contribution in [3.8, 4) is 0 Å². The highest BCUT2D eigenvalue weighted by Crippen LogP contribution is 2.47. The molecule has 3 aromatic carbocycles. The van der Waals surface area contributed by atoms with E-state index in [1.807, 2.05) is 76.2 Å². The normalized spacial score (nSPS) is 20.8. The van der Waals surface area contributed by atoms with Gasteiger partial charge in [0.1, 0.15) is 30.0 Å². The lowest BCUT2D eigenvalue weighted by atomic mass is 10.0. The van der Waals surface area contributed by atoms with Crippen molar-refractivity contribution in [2.24, 2.45) is 11.8 Å². The third-order valence-corrected chi connectivity index (χ3v) is 12.1. The highest BCUT2D eigenvalue weighted by atomic mass is 19.1. The zero-order valence-electron chi connectivity index (χ0n) is 36.2. The number of alkyl carbamates (subject to hydrolysis) is 2. The minimum Gasteiger partial charge on any atom is -0.453 e. The Morgan fingerprint density at radius 3 is 1.32 bits per heavy atom. The predicted octanol–water partition coefficient (Wildman–Crippen LogP) is 6.53. The number of rotatable bonds is 13. The van der Waals surface area contributed by atoms with E-state index in [9.17, 15) is 33.2 Å². The topological polar surface area (TPSA) is 179 Å². The molecule has 0 radical (unpaired) electrons.